The van der Waals surface area contributed by atoms with Crippen LogP contribution in [0.15, 0.2) is 49.3 Å². The van der Waals surface area contributed by atoms with Gasteiger partial charge in [-0.05, 0) is 47.4 Å². The molecule has 17 heavy (non-hydrogen) atoms. The lowest BCUT2D eigenvalue weighted by Gasteiger charge is -2.12. The molecule has 88 valence electrons. The van der Waals surface area contributed by atoms with Gasteiger partial charge in [0.05, 0.1) is 0 Å². The molecule has 0 fully saturated rings. The molecule has 0 N–H and O–H groups in total. The average Bonchev–Trinajstić information content (AvgIpc) is 2.91. The molecule has 1 aromatic heterocycles. The molecule has 1 aromatic carbocycles. The third-order valence-electron chi connectivity index (χ3n) is 2.95. The summed E-state index contributed by atoms with van der Waals surface area (Å²) in [5.74, 6) is 0. The Balaban J connectivity index is 2.48. The number of nitrogens with zero attached hydrogens (tertiary/aromatic N) is 1. The summed E-state index contributed by atoms with van der Waals surface area (Å²) in [6.45, 7) is 6.32. The van der Waals surface area contributed by atoms with E-state index >= 15 is 0 Å². The summed E-state index contributed by atoms with van der Waals surface area (Å²) in [6.07, 6.45) is 5.13. The van der Waals surface area contributed by atoms with Crippen LogP contribution in [0.1, 0.15) is 24.5 Å². The van der Waals surface area contributed by atoms with Crippen LogP contribution < -0.4 is 0 Å². The molecule has 2 heteroatoms. The van der Waals surface area contributed by atoms with Crippen LogP contribution in [-0.2, 0) is 4.43 Å². The minimum absolute atomic E-state index is 0.999. The van der Waals surface area contributed by atoms with E-state index in [0.717, 1.165) is 10.8 Å². The zero-order valence-electron chi connectivity index (χ0n) is 9.99. The lowest BCUT2D eigenvalue weighted by molar-refractivity contribution is 1.07. The van der Waals surface area contributed by atoms with Crippen molar-refractivity contribution >= 4 is 28.2 Å². The van der Waals surface area contributed by atoms with Crippen molar-refractivity contribution in [2.24, 2.45) is 0 Å². The maximum Gasteiger partial charge on any atom is 0.0455 e. The molecular weight excluding hydrogens is 321 g/mol. The van der Waals surface area contributed by atoms with Crippen molar-refractivity contribution in [3.63, 3.8) is 0 Å². The molecule has 0 aliphatic rings. The highest BCUT2D eigenvalue weighted by atomic mass is 127. The fourth-order valence-corrected chi connectivity index (χ4v) is 2.53. The Bertz CT molecular complexity index is 512. The Labute approximate surface area is 116 Å². The molecule has 0 atom stereocenters. The zero-order valence-corrected chi connectivity index (χ0v) is 12.1. The Morgan fingerprint density at radius 3 is 2.59 bits per heavy atom. The van der Waals surface area contributed by atoms with Gasteiger partial charge in [0, 0.05) is 22.5 Å². The molecule has 1 nitrogen and oxygen atoms in total. The zero-order chi connectivity index (χ0) is 12.3. The van der Waals surface area contributed by atoms with E-state index in [0.29, 0.717) is 0 Å². The maximum atomic E-state index is 4.16. The summed E-state index contributed by atoms with van der Waals surface area (Å²) in [7, 11) is 0. The van der Waals surface area contributed by atoms with Crippen LogP contribution in [0.2, 0.25) is 0 Å². The second kappa shape index (κ2) is 5.54. The molecule has 0 aliphatic carbocycles. The number of alkyl halides is 1. The molecule has 0 unspecified atom stereocenters. The highest BCUT2D eigenvalue weighted by Gasteiger charge is 2.06. The predicted octanol–water partition coefficient (Wildman–Crippen LogP) is 4.84. The number of hydrogen-bond acceptors (Lipinski definition) is 0. The molecular formula is C15H16IN. The summed E-state index contributed by atoms with van der Waals surface area (Å²) in [5.41, 5.74) is 5.08. The fourth-order valence-electron chi connectivity index (χ4n) is 1.87. The minimum Gasteiger partial charge on any atom is -0.324 e. The third kappa shape index (κ3) is 2.63. The summed E-state index contributed by atoms with van der Waals surface area (Å²) in [4.78, 5) is 0. The van der Waals surface area contributed by atoms with E-state index < -0.39 is 0 Å². The van der Waals surface area contributed by atoms with Crippen LogP contribution in [0.25, 0.3) is 11.3 Å². The first-order valence-corrected chi connectivity index (χ1v) is 7.29. The largest absolute Gasteiger partial charge is 0.324 e. The Hall–Kier alpha value is -1.03. The fraction of sp³-hybridized carbons (Fsp3) is 0.200. The molecule has 1 heterocycles. The number of aromatic nitrogens is 1. The second-order valence-corrected chi connectivity index (χ2v) is 4.79. The normalized spacial score (nSPS) is 10.5. The first-order chi connectivity index (χ1) is 8.26. The summed E-state index contributed by atoms with van der Waals surface area (Å²) in [5, 5.41) is 0. The third-order valence-corrected chi connectivity index (χ3v) is 3.77. The monoisotopic (exact) mass is 337 g/mol. The van der Waals surface area contributed by atoms with Gasteiger partial charge in [0.1, 0.15) is 0 Å². The molecule has 0 radical (unpaired) electrons. The number of halogens is 1. The molecule has 2 rings (SSSR count). The van der Waals surface area contributed by atoms with Crippen molar-refractivity contribution in [2.45, 2.75) is 17.8 Å². The second-order valence-electron chi connectivity index (χ2n) is 4.02. The van der Waals surface area contributed by atoms with E-state index in [1.54, 1.807) is 0 Å². The number of benzene rings is 1. The van der Waals surface area contributed by atoms with Crippen LogP contribution in [0.3, 0.4) is 0 Å². The maximum absolute atomic E-state index is 4.16. The van der Waals surface area contributed by atoms with Crippen molar-refractivity contribution in [1.82, 2.24) is 4.57 Å². The Kier molecular flexibility index (Phi) is 4.05. The number of allylic oxidation sites excluding steroid dienone is 1. The van der Waals surface area contributed by atoms with E-state index in [1.807, 2.05) is 12.1 Å². The van der Waals surface area contributed by atoms with Crippen molar-refractivity contribution in [2.75, 3.05) is 0 Å². The van der Waals surface area contributed by atoms with Crippen LogP contribution >= 0.6 is 22.6 Å². The van der Waals surface area contributed by atoms with Gasteiger partial charge in [-0.15, -0.1) is 0 Å². The standard InChI is InChI=1S/C15H16IN/c1-3-12(2)15-10-14(7-6-13(15)11-16)17-8-4-5-9-17/h4-10H,2-3,11H2,1H3. The molecule has 0 saturated heterocycles. The summed E-state index contributed by atoms with van der Waals surface area (Å²) in [6, 6.07) is 10.7. The van der Waals surface area contributed by atoms with Gasteiger partial charge in [-0.1, -0.05) is 42.2 Å². The van der Waals surface area contributed by atoms with E-state index in [1.165, 1.54) is 22.4 Å². The van der Waals surface area contributed by atoms with Gasteiger partial charge in [0.25, 0.3) is 0 Å². The van der Waals surface area contributed by atoms with Gasteiger partial charge in [0.15, 0.2) is 0 Å². The van der Waals surface area contributed by atoms with Crippen LogP contribution in [0, 0.1) is 0 Å². The van der Waals surface area contributed by atoms with Crippen molar-refractivity contribution in [1.29, 1.82) is 0 Å². The van der Waals surface area contributed by atoms with Gasteiger partial charge < -0.3 is 4.57 Å². The lowest BCUT2D eigenvalue weighted by Crippen LogP contribution is -1.95. The molecule has 2 aromatic rings. The number of rotatable bonds is 4. The van der Waals surface area contributed by atoms with Gasteiger partial charge in [0.2, 0.25) is 0 Å². The van der Waals surface area contributed by atoms with Gasteiger partial charge in [-0.2, -0.15) is 0 Å². The Morgan fingerprint density at radius 2 is 2.00 bits per heavy atom. The Morgan fingerprint density at radius 1 is 1.29 bits per heavy atom. The molecule has 0 aliphatic heterocycles. The van der Waals surface area contributed by atoms with Crippen LogP contribution in [0.5, 0.6) is 0 Å². The smallest absolute Gasteiger partial charge is 0.0455 e. The highest BCUT2D eigenvalue weighted by Crippen LogP contribution is 2.25. The lowest BCUT2D eigenvalue weighted by atomic mass is 9.99. The highest BCUT2D eigenvalue weighted by molar-refractivity contribution is 14.1. The summed E-state index contributed by atoms with van der Waals surface area (Å²) < 4.78 is 3.15. The van der Waals surface area contributed by atoms with Gasteiger partial charge in [-0.25, -0.2) is 0 Å². The van der Waals surface area contributed by atoms with Crippen LogP contribution in [0.4, 0.5) is 0 Å². The van der Waals surface area contributed by atoms with Gasteiger partial charge >= 0.3 is 0 Å². The minimum atomic E-state index is 0.999. The first-order valence-electron chi connectivity index (χ1n) is 5.76. The SMILES string of the molecule is C=C(CC)c1cc(-n2cccc2)ccc1CI. The van der Waals surface area contributed by atoms with Crippen molar-refractivity contribution in [3.05, 3.63) is 60.4 Å². The van der Waals surface area contributed by atoms with Crippen molar-refractivity contribution in [3.8, 4) is 5.69 Å². The van der Waals surface area contributed by atoms with E-state index in [2.05, 4.69) is 71.3 Å². The first kappa shape index (κ1) is 12.4. The molecule has 0 saturated carbocycles. The average molecular weight is 337 g/mol. The van der Waals surface area contributed by atoms with Crippen molar-refractivity contribution < 1.29 is 0 Å². The summed E-state index contributed by atoms with van der Waals surface area (Å²) >= 11 is 2.41. The van der Waals surface area contributed by atoms with Crippen LogP contribution in [-0.4, -0.2) is 4.57 Å². The topological polar surface area (TPSA) is 4.93 Å². The predicted molar refractivity (Wildman–Crippen MR) is 82.8 cm³/mol. The molecule has 0 amide bonds. The van der Waals surface area contributed by atoms with Gasteiger partial charge in [-0.3, -0.25) is 0 Å². The number of hydrogen-bond donors (Lipinski definition) is 0. The quantitative estimate of drug-likeness (QED) is 0.556. The van der Waals surface area contributed by atoms with E-state index in [-0.39, 0.29) is 0 Å². The van der Waals surface area contributed by atoms with E-state index in [9.17, 15) is 0 Å². The van der Waals surface area contributed by atoms with E-state index in [4.69, 9.17) is 0 Å². The molecule has 0 spiro atoms. The molecule has 0 bridgehead atoms.